The number of carboxylic acid groups (broad SMARTS) is 1. The van der Waals surface area contributed by atoms with Gasteiger partial charge in [0.1, 0.15) is 10.3 Å². The predicted octanol–water partition coefficient (Wildman–Crippen LogP) is 3.32. The van der Waals surface area contributed by atoms with E-state index in [2.05, 4.69) is 9.97 Å². The Balaban J connectivity index is 2.44. The van der Waals surface area contributed by atoms with Crippen LogP contribution in [-0.4, -0.2) is 21.0 Å². The van der Waals surface area contributed by atoms with E-state index in [1.165, 1.54) is 13.0 Å². The van der Waals surface area contributed by atoms with Gasteiger partial charge < -0.3 is 5.11 Å². The number of hydrogen-bond acceptors (Lipinski definition) is 4. The van der Waals surface area contributed by atoms with Gasteiger partial charge in [0.05, 0.1) is 6.07 Å². The molecule has 21 heavy (non-hydrogen) atoms. The summed E-state index contributed by atoms with van der Waals surface area (Å²) in [4.78, 5) is 19.3. The maximum Gasteiger partial charge on any atom is 0.328 e. The first-order valence-corrected chi connectivity index (χ1v) is 6.58. The summed E-state index contributed by atoms with van der Waals surface area (Å²) in [6.45, 7) is 1.34. The van der Waals surface area contributed by atoms with E-state index in [0.29, 0.717) is 17.0 Å². The molecule has 0 amide bonds. The van der Waals surface area contributed by atoms with E-state index < -0.39 is 11.4 Å². The lowest BCUT2D eigenvalue weighted by molar-refractivity contribution is -0.141. The molecule has 106 valence electrons. The van der Waals surface area contributed by atoms with Crippen LogP contribution in [0.4, 0.5) is 0 Å². The third-order valence-corrected chi connectivity index (χ3v) is 3.42. The van der Waals surface area contributed by atoms with Gasteiger partial charge in [0.25, 0.3) is 0 Å². The summed E-state index contributed by atoms with van der Waals surface area (Å²) in [6.07, 6.45) is 0. The largest absolute Gasteiger partial charge is 0.480 e. The van der Waals surface area contributed by atoms with Gasteiger partial charge in [-0.1, -0.05) is 47.5 Å². The van der Waals surface area contributed by atoms with E-state index in [4.69, 9.17) is 33.6 Å². The molecule has 0 radical (unpaired) electrons. The molecule has 0 saturated carbocycles. The molecule has 1 aromatic heterocycles. The molecular weight excluding hydrogens is 313 g/mol. The summed E-state index contributed by atoms with van der Waals surface area (Å²) < 4.78 is 0. The number of nitriles is 1. The smallest absolute Gasteiger partial charge is 0.328 e. The second-order valence-corrected chi connectivity index (χ2v) is 5.23. The summed E-state index contributed by atoms with van der Waals surface area (Å²) in [6, 6.07) is 9.55. The Labute approximate surface area is 130 Å². The van der Waals surface area contributed by atoms with Crippen LogP contribution >= 0.6 is 23.2 Å². The van der Waals surface area contributed by atoms with Crippen LogP contribution in [0.15, 0.2) is 30.3 Å². The summed E-state index contributed by atoms with van der Waals surface area (Å²) in [5.41, 5.74) is -0.617. The van der Waals surface area contributed by atoms with Crippen LogP contribution in [0.5, 0.6) is 0 Å². The molecule has 0 aliphatic heterocycles. The Bertz CT molecular complexity index is 721. The molecule has 2 aromatic rings. The number of nitrogens with zero attached hydrogens (tertiary/aromatic N) is 3. The van der Waals surface area contributed by atoms with Gasteiger partial charge in [-0.15, -0.1) is 0 Å². The van der Waals surface area contributed by atoms with Crippen molar-refractivity contribution in [3.63, 3.8) is 0 Å². The van der Waals surface area contributed by atoms with Gasteiger partial charge in [-0.3, -0.25) is 4.79 Å². The van der Waals surface area contributed by atoms with E-state index in [9.17, 15) is 4.79 Å². The van der Waals surface area contributed by atoms with Crippen LogP contribution in [0.3, 0.4) is 0 Å². The van der Waals surface area contributed by atoms with Crippen molar-refractivity contribution < 1.29 is 9.90 Å². The Morgan fingerprint density at radius 2 is 1.76 bits per heavy atom. The average Bonchev–Trinajstić information content (AvgIpc) is 2.45. The lowest BCUT2D eigenvalue weighted by atomic mass is 9.84. The summed E-state index contributed by atoms with van der Waals surface area (Å²) in [5, 5.41) is 18.7. The molecule has 0 aliphatic carbocycles. The van der Waals surface area contributed by atoms with Crippen LogP contribution in [-0.2, 0) is 10.2 Å². The standard InChI is InChI=1S/C14H9Cl2N3O2/c1-14(7-17,13(20)21)9-4-2-8(3-5-9)12-18-10(15)6-11(16)19-12/h2-6H,1H3,(H,20,21). The zero-order chi connectivity index (χ0) is 15.6. The summed E-state index contributed by atoms with van der Waals surface area (Å²) in [5.74, 6) is -0.882. The number of carbonyl (C=O) groups is 1. The first-order chi connectivity index (χ1) is 9.86. The van der Waals surface area contributed by atoms with E-state index in [0.717, 1.165) is 0 Å². The fraction of sp³-hybridized carbons (Fsp3) is 0.143. The highest BCUT2D eigenvalue weighted by Crippen LogP contribution is 2.26. The normalized spacial score (nSPS) is 13.2. The lowest BCUT2D eigenvalue weighted by Crippen LogP contribution is -2.30. The molecule has 1 N–H and O–H groups in total. The zero-order valence-electron chi connectivity index (χ0n) is 10.8. The lowest BCUT2D eigenvalue weighted by Gasteiger charge is -2.16. The van der Waals surface area contributed by atoms with Gasteiger partial charge in [0.15, 0.2) is 11.2 Å². The van der Waals surface area contributed by atoms with Crippen LogP contribution in [0, 0.1) is 11.3 Å². The van der Waals surface area contributed by atoms with Gasteiger partial charge >= 0.3 is 5.97 Å². The van der Waals surface area contributed by atoms with E-state index >= 15 is 0 Å². The third-order valence-electron chi connectivity index (χ3n) is 3.04. The SMILES string of the molecule is CC(C#N)(C(=O)O)c1ccc(-c2nc(Cl)cc(Cl)n2)cc1. The minimum atomic E-state index is -1.61. The van der Waals surface area contributed by atoms with Crippen molar-refractivity contribution in [3.05, 3.63) is 46.2 Å². The number of benzene rings is 1. The molecule has 7 heteroatoms. The molecule has 0 spiro atoms. The fourth-order valence-corrected chi connectivity index (χ4v) is 2.13. The maximum absolute atomic E-state index is 11.2. The monoisotopic (exact) mass is 321 g/mol. The second kappa shape index (κ2) is 5.68. The quantitative estimate of drug-likeness (QED) is 0.876. The Hall–Kier alpha value is -2.16. The van der Waals surface area contributed by atoms with Crippen molar-refractivity contribution in [2.24, 2.45) is 0 Å². The molecule has 1 heterocycles. The highest BCUT2D eigenvalue weighted by molar-refractivity contribution is 6.33. The van der Waals surface area contributed by atoms with Crippen molar-refractivity contribution in [3.8, 4) is 17.5 Å². The average molecular weight is 322 g/mol. The van der Waals surface area contributed by atoms with Crippen molar-refractivity contribution in [2.45, 2.75) is 12.3 Å². The van der Waals surface area contributed by atoms with Crippen molar-refractivity contribution >= 4 is 29.2 Å². The number of halogens is 2. The van der Waals surface area contributed by atoms with Crippen molar-refractivity contribution in [1.82, 2.24) is 9.97 Å². The number of hydrogen-bond donors (Lipinski definition) is 1. The van der Waals surface area contributed by atoms with E-state index in [-0.39, 0.29) is 10.3 Å². The third kappa shape index (κ3) is 2.97. The number of aliphatic carboxylic acids is 1. The fourth-order valence-electron chi connectivity index (χ4n) is 1.71. The molecular formula is C14H9Cl2N3O2. The van der Waals surface area contributed by atoms with Gasteiger partial charge in [0, 0.05) is 11.6 Å². The van der Waals surface area contributed by atoms with Crippen LogP contribution in [0.1, 0.15) is 12.5 Å². The highest BCUT2D eigenvalue weighted by Gasteiger charge is 2.35. The Kier molecular flexibility index (Phi) is 4.12. The molecule has 1 atom stereocenters. The predicted molar refractivity (Wildman–Crippen MR) is 78.1 cm³/mol. The number of carboxylic acids is 1. The first-order valence-electron chi connectivity index (χ1n) is 5.82. The Morgan fingerprint density at radius 1 is 1.24 bits per heavy atom. The molecule has 2 rings (SSSR count). The minimum absolute atomic E-state index is 0.210. The van der Waals surface area contributed by atoms with Gasteiger partial charge in [-0.2, -0.15) is 5.26 Å². The first kappa shape index (κ1) is 15.2. The van der Waals surface area contributed by atoms with E-state index in [1.54, 1.807) is 30.3 Å². The zero-order valence-corrected chi connectivity index (χ0v) is 12.4. The minimum Gasteiger partial charge on any atom is -0.480 e. The topological polar surface area (TPSA) is 86.9 Å². The van der Waals surface area contributed by atoms with Crippen LogP contribution in [0.25, 0.3) is 11.4 Å². The van der Waals surface area contributed by atoms with Crippen LogP contribution < -0.4 is 0 Å². The Morgan fingerprint density at radius 3 is 2.19 bits per heavy atom. The van der Waals surface area contributed by atoms with Gasteiger partial charge in [0.2, 0.25) is 0 Å². The van der Waals surface area contributed by atoms with Crippen molar-refractivity contribution in [1.29, 1.82) is 5.26 Å². The molecule has 5 nitrogen and oxygen atoms in total. The number of aromatic nitrogens is 2. The molecule has 1 unspecified atom stereocenters. The molecule has 1 aromatic carbocycles. The second-order valence-electron chi connectivity index (χ2n) is 4.46. The van der Waals surface area contributed by atoms with Crippen molar-refractivity contribution in [2.75, 3.05) is 0 Å². The van der Waals surface area contributed by atoms with Gasteiger partial charge in [-0.05, 0) is 12.5 Å². The molecule has 0 aliphatic rings. The molecule has 0 fully saturated rings. The van der Waals surface area contributed by atoms with Gasteiger partial charge in [-0.25, -0.2) is 9.97 Å². The van der Waals surface area contributed by atoms with E-state index in [1.807, 2.05) is 0 Å². The number of rotatable bonds is 3. The molecule has 0 saturated heterocycles. The summed E-state index contributed by atoms with van der Waals surface area (Å²) >= 11 is 11.6. The highest BCUT2D eigenvalue weighted by atomic mass is 35.5. The maximum atomic E-state index is 11.2. The summed E-state index contributed by atoms with van der Waals surface area (Å²) in [7, 11) is 0. The van der Waals surface area contributed by atoms with Crippen LogP contribution in [0.2, 0.25) is 10.3 Å². The molecule has 0 bridgehead atoms.